The Morgan fingerprint density at radius 2 is 1.90 bits per heavy atom. The van der Waals surface area contributed by atoms with Gasteiger partial charge in [0.2, 0.25) is 5.91 Å². The fraction of sp³-hybridized carbons (Fsp3) is 0.500. The molecule has 9 heteroatoms. The van der Waals surface area contributed by atoms with Crippen LogP contribution in [0.5, 0.6) is 0 Å². The van der Waals surface area contributed by atoms with Gasteiger partial charge in [-0.3, -0.25) is 14.9 Å². The highest BCUT2D eigenvalue weighted by molar-refractivity contribution is 6.07. The Kier molecular flexibility index (Phi) is 5.02. The Labute approximate surface area is 169 Å². The molecule has 1 heterocycles. The van der Waals surface area contributed by atoms with E-state index in [-0.39, 0.29) is 18.4 Å². The van der Waals surface area contributed by atoms with Crippen LogP contribution < -0.4 is 10.6 Å². The number of anilines is 1. The number of hydrogen-bond acceptors (Lipinski definition) is 5. The normalized spacial score (nSPS) is 20.5. The maximum absolute atomic E-state index is 12.3. The predicted molar refractivity (Wildman–Crippen MR) is 105 cm³/mol. The molecule has 1 aromatic carbocycles. The van der Waals surface area contributed by atoms with Crippen molar-refractivity contribution in [3.8, 4) is 0 Å². The third-order valence-corrected chi connectivity index (χ3v) is 5.13. The molecule has 29 heavy (non-hydrogen) atoms. The van der Waals surface area contributed by atoms with Gasteiger partial charge in [0.1, 0.15) is 17.7 Å². The molecule has 1 spiro atoms. The van der Waals surface area contributed by atoms with Gasteiger partial charge in [-0.05, 0) is 44.0 Å². The minimum atomic E-state index is -0.904. The molecule has 2 N–H and O–H groups in total. The lowest BCUT2D eigenvalue weighted by atomic mass is 9.95. The summed E-state index contributed by atoms with van der Waals surface area (Å²) in [5.74, 6) is -0.664. The van der Waals surface area contributed by atoms with Crippen molar-refractivity contribution in [1.29, 1.82) is 0 Å². The number of benzene rings is 1. The van der Waals surface area contributed by atoms with E-state index in [1.807, 2.05) is 6.07 Å². The second kappa shape index (κ2) is 7.06. The molecule has 9 nitrogen and oxygen atoms in total. The average molecular weight is 402 g/mol. The standard InChI is InChI=1S/C20H26N4O5/c1-19(2,3)29-18(28)23(4)11-15(25)21-14-7-6-12-9-20(10-13(12)8-14)16(26)22-17(27)24(20)5/h6-8H,9-11H2,1-5H3,(H,21,25)(H,22,26,27). The van der Waals surface area contributed by atoms with Crippen LogP contribution >= 0.6 is 0 Å². The van der Waals surface area contributed by atoms with Gasteiger partial charge in [0.15, 0.2) is 0 Å². The van der Waals surface area contributed by atoms with Gasteiger partial charge in [-0.15, -0.1) is 0 Å². The van der Waals surface area contributed by atoms with Crippen molar-refractivity contribution in [3.63, 3.8) is 0 Å². The number of ether oxygens (including phenoxy) is 1. The molecule has 1 fully saturated rings. The first-order chi connectivity index (χ1) is 13.4. The molecular weight excluding hydrogens is 376 g/mol. The Bertz CT molecular complexity index is 891. The maximum Gasteiger partial charge on any atom is 0.410 e. The Morgan fingerprint density at radius 3 is 2.48 bits per heavy atom. The SMILES string of the molecule is CN(CC(=O)Nc1ccc2c(c1)CC1(C2)C(=O)NC(=O)N1C)C(=O)OC(C)(C)C. The first kappa shape index (κ1) is 20.6. The summed E-state index contributed by atoms with van der Waals surface area (Å²) in [6.45, 7) is 5.11. The van der Waals surface area contributed by atoms with Crippen molar-refractivity contribution >= 4 is 29.6 Å². The van der Waals surface area contributed by atoms with E-state index in [1.54, 1.807) is 40.0 Å². The Balaban J connectivity index is 1.65. The molecule has 5 amide bonds. The fourth-order valence-corrected chi connectivity index (χ4v) is 3.60. The quantitative estimate of drug-likeness (QED) is 0.745. The van der Waals surface area contributed by atoms with E-state index in [4.69, 9.17) is 4.74 Å². The first-order valence-corrected chi connectivity index (χ1v) is 9.36. The van der Waals surface area contributed by atoms with Gasteiger partial charge < -0.3 is 19.9 Å². The van der Waals surface area contributed by atoms with Gasteiger partial charge in [0.05, 0.1) is 0 Å². The average Bonchev–Trinajstić information content (AvgIpc) is 3.07. The summed E-state index contributed by atoms with van der Waals surface area (Å²) in [4.78, 5) is 51.1. The molecule has 1 atom stereocenters. The maximum atomic E-state index is 12.3. The van der Waals surface area contributed by atoms with Gasteiger partial charge in [-0.25, -0.2) is 9.59 Å². The second-order valence-corrected chi connectivity index (χ2v) is 8.57. The number of nitrogens with zero attached hydrogens (tertiary/aromatic N) is 2. The Morgan fingerprint density at radius 1 is 1.24 bits per heavy atom. The van der Waals surface area contributed by atoms with Crippen LogP contribution in [0.1, 0.15) is 31.9 Å². The molecule has 2 aliphatic rings. The lowest BCUT2D eigenvalue weighted by Crippen LogP contribution is -2.48. The molecule has 1 aliphatic heterocycles. The summed E-state index contributed by atoms with van der Waals surface area (Å²) < 4.78 is 5.23. The second-order valence-electron chi connectivity index (χ2n) is 8.57. The molecule has 0 bridgehead atoms. The largest absolute Gasteiger partial charge is 0.444 e. The molecule has 1 aliphatic carbocycles. The number of carbonyl (C=O) groups excluding carboxylic acids is 4. The first-order valence-electron chi connectivity index (χ1n) is 9.36. The number of likely N-dealkylation sites (N-methyl/N-ethyl adjacent to an activating group) is 2. The van der Waals surface area contributed by atoms with Crippen molar-refractivity contribution in [2.24, 2.45) is 0 Å². The summed E-state index contributed by atoms with van der Waals surface area (Å²) in [6.07, 6.45) is 0.243. The highest BCUT2D eigenvalue weighted by Crippen LogP contribution is 2.38. The predicted octanol–water partition coefficient (Wildman–Crippen LogP) is 1.51. The molecule has 1 saturated heterocycles. The van der Waals surface area contributed by atoms with Crippen LogP contribution in [-0.2, 0) is 27.2 Å². The number of amides is 5. The van der Waals surface area contributed by atoms with Crippen molar-refractivity contribution < 1.29 is 23.9 Å². The van der Waals surface area contributed by atoms with E-state index in [1.165, 1.54) is 16.8 Å². The van der Waals surface area contributed by atoms with E-state index >= 15 is 0 Å². The number of nitrogens with one attached hydrogen (secondary N) is 2. The molecule has 0 saturated carbocycles. The highest BCUT2D eigenvalue weighted by Gasteiger charge is 2.54. The van der Waals surface area contributed by atoms with Crippen LogP contribution in [0.2, 0.25) is 0 Å². The van der Waals surface area contributed by atoms with Crippen LogP contribution in [0.3, 0.4) is 0 Å². The number of carbonyl (C=O) groups is 4. The molecule has 0 aromatic heterocycles. The summed E-state index contributed by atoms with van der Waals surface area (Å²) in [6, 6.07) is 5.00. The molecule has 0 radical (unpaired) electrons. The van der Waals surface area contributed by atoms with Crippen molar-refractivity contribution in [2.75, 3.05) is 26.0 Å². The number of imide groups is 1. The highest BCUT2D eigenvalue weighted by atomic mass is 16.6. The van der Waals surface area contributed by atoms with Crippen LogP contribution in [-0.4, -0.2) is 65.5 Å². The lowest BCUT2D eigenvalue weighted by molar-refractivity contribution is -0.125. The van der Waals surface area contributed by atoms with Gasteiger partial charge >= 0.3 is 12.1 Å². The van der Waals surface area contributed by atoms with Crippen LogP contribution in [0.15, 0.2) is 18.2 Å². The molecule has 1 aromatic rings. The summed E-state index contributed by atoms with van der Waals surface area (Å²) >= 11 is 0. The summed E-state index contributed by atoms with van der Waals surface area (Å²) in [5.41, 5.74) is 0.888. The molecule has 156 valence electrons. The molecule has 3 rings (SSSR count). The zero-order valence-corrected chi connectivity index (χ0v) is 17.3. The third-order valence-electron chi connectivity index (χ3n) is 5.13. The smallest absolute Gasteiger partial charge is 0.410 e. The van der Waals surface area contributed by atoms with Gasteiger partial charge in [0, 0.05) is 32.6 Å². The Hall–Kier alpha value is -3.10. The van der Waals surface area contributed by atoms with Crippen molar-refractivity contribution in [1.82, 2.24) is 15.1 Å². The van der Waals surface area contributed by atoms with Crippen molar-refractivity contribution in [2.45, 2.75) is 44.8 Å². The van der Waals surface area contributed by atoms with Crippen LogP contribution in [0, 0.1) is 0 Å². The number of urea groups is 1. The minimum absolute atomic E-state index is 0.157. The topological polar surface area (TPSA) is 108 Å². The van der Waals surface area contributed by atoms with Crippen LogP contribution in [0.25, 0.3) is 0 Å². The molecule has 1 unspecified atom stereocenters. The number of hydrogen-bond donors (Lipinski definition) is 2. The van der Waals surface area contributed by atoms with Crippen molar-refractivity contribution in [3.05, 3.63) is 29.3 Å². The summed E-state index contributed by atoms with van der Waals surface area (Å²) in [7, 11) is 3.10. The van der Waals surface area contributed by atoms with E-state index in [0.29, 0.717) is 18.5 Å². The summed E-state index contributed by atoms with van der Waals surface area (Å²) in [5, 5.41) is 5.12. The zero-order valence-electron chi connectivity index (χ0n) is 17.3. The van der Waals surface area contributed by atoms with Gasteiger partial charge in [0.25, 0.3) is 5.91 Å². The monoisotopic (exact) mass is 402 g/mol. The van der Waals surface area contributed by atoms with E-state index in [2.05, 4.69) is 10.6 Å². The van der Waals surface area contributed by atoms with E-state index in [9.17, 15) is 19.2 Å². The number of rotatable bonds is 3. The van der Waals surface area contributed by atoms with Gasteiger partial charge in [-0.2, -0.15) is 0 Å². The fourth-order valence-electron chi connectivity index (χ4n) is 3.60. The zero-order chi connectivity index (χ0) is 21.6. The van der Waals surface area contributed by atoms with E-state index in [0.717, 1.165) is 11.1 Å². The number of fused-ring (bicyclic) bond motifs is 1. The molecular formula is C20H26N4O5. The third kappa shape index (κ3) is 4.03. The van der Waals surface area contributed by atoms with E-state index < -0.39 is 23.3 Å². The minimum Gasteiger partial charge on any atom is -0.444 e. The van der Waals surface area contributed by atoms with Gasteiger partial charge in [-0.1, -0.05) is 6.07 Å². The van der Waals surface area contributed by atoms with Crippen LogP contribution in [0.4, 0.5) is 15.3 Å². The lowest BCUT2D eigenvalue weighted by Gasteiger charge is -2.27.